The number of alkyl halides is 3. The van der Waals surface area contributed by atoms with Crippen molar-refractivity contribution in [3.05, 3.63) is 29.8 Å². The molecule has 0 aliphatic heterocycles. The SMILES string of the molecule is COc1ccc(C(C(F)(F)F)S(=O)(=O)Cl)cc1. The molecule has 8 heteroatoms. The third-order valence-electron chi connectivity index (χ3n) is 2.00. The van der Waals surface area contributed by atoms with E-state index >= 15 is 0 Å². The Kier molecular flexibility index (Phi) is 3.93. The van der Waals surface area contributed by atoms with E-state index in [4.69, 9.17) is 15.4 Å². The minimum absolute atomic E-state index is 0.321. The van der Waals surface area contributed by atoms with Crippen molar-refractivity contribution in [2.75, 3.05) is 7.11 Å². The highest BCUT2D eigenvalue weighted by molar-refractivity contribution is 8.14. The normalized spacial score (nSPS) is 14.4. The number of hydrogen-bond acceptors (Lipinski definition) is 3. The first-order valence-electron chi connectivity index (χ1n) is 4.30. The third kappa shape index (κ3) is 3.50. The second kappa shape index (κ2) is 4.73. The summed E-state index contributed by atoms with van der Waals surface area (Å²) in [6.45, 7) is 0. The average Bonchev–Trinajstić information content (AvgIpc) is 2.14. The van der Waals surface area contributed by atoms with E-state index in [1.165, 1.54) is 19.2 Å². The maximum Gasteiger partial charge on any atom is 0.410 e. The summed E-state index contributed by atoms with van der Waals surface area (Å²) < 4.78 is 64.4. The fourth-order valence-corrected chi connectivity index (χ4v) is 2.70. The summed E-state index contributed by atoms with van der Waals surface area (Å²) in [7, 11) is 1.37. The van der Waals surface area contributed by atoms with Crippen LogP contribution in [-0.4, -0.2) is 21.7 Å². The van der Waals surface area contributed by atoms with Crippen molar-refractivity contribution in [3.8, 4) is 5.75 Å². The number of methoxy groups -OCH3 is 1. The molecule has 0 spiro atoms. The standard InChI is InChI=1S/C9H8ClF3O3S/c1-16-7-4-2-6(3-5-7)8(9(11,12)13)17(10,14)15/h2-5,8H,1H3. The Balaban J connectivity index is 3.24. The van der Waals surface area contributed by atoms with E-state index in [1.54, 1.807) is 0 Å². The molecule has 1 atom stereocenters. The fraction of sp³-hybridized carbons (Fsp3) is 0.333. The Hall–Kier alpha value is -0.950. The van der Waals surface area contributed by atoms with Gasteiger partial charge in [0.15, 0.2) is 5.25 Å². The molecule has 0 aliphatic rings. The van der Waals surface area contributed by atoms with Gasteiger partial charge >= 0.3 is 6.18 Å². The van der Waals surface area contributed by atoms with Gasteiger partial charge in [0.05, 0.1) is 7.11 Å². The molecule has 3 nitrogen and oxygen atoms in total. The monoisotopic (exact) mass is 288 g/mol. The zero-order valence-corrected chi connectivity index (χ0v) is 10.1. The third-order valence-corrected chi connectivity index (χ3v) is 3.63. The minimum Gasteiger partial charge on any atom is -0.497 e. The summed E-state index contributed by atoms with van der Waals surface area (Å²) in [4.78, 5) is 0. The van der Waals surface area contributed by atoms with Crippen LogP contribution in [0.15, 0.2) is 24.3 Å². The molecule has 0 saturated carbocycles. The van der Waals surface area contributed by atoms with Crippen molar-refractivity contribution in [1.29, 1.82) is 0 Å². The topological polar surface area (TPSA) is 43.4 Å². The van der Waals surface area contributed by atoms with Crippen LogP contribution in [0.4, 0.5) is 13.2 Å². The summed E-state index contributed by atoms with van der Waals surface area (Å²) in [5.41, 5.74) is -0.451. The van der Waals surface area contributed by atoms with Crippen LogP contribution in [-0.2, 0) is 9.05 Å². The van der Waals surface area contributed by atoms with Crippen LogP contribution in [0.25, 0.3) is 0 Å². The number of benzene rings is 1. The van der Waals surface area contributed by atoms with Crippen molar-refractivity contribution in [2.45, 2.75) is 11.4 Å². The molecule has 0 aliphatic carbocycles. The van der Waals surface area contributed by atoms with Crippen LogP contribution < -0.4 is 4.74 Å². The maximum absolute atomic E-state index is 12.6. The summed E-state index contributed by atoms with van der Waals surface area (Å²) in [6, 6.07) is 4.49. The van der Waals surface area contributed by atoms with E-state index in [-0.39, 0.29) is 0 Å². The Bertz CT molecular complexity index is 481. The van der Waals surface area contributed by atoms with Gasteiger partial charge in [-0.1, -0.05) is 12.1 Å². The second-order valence-corrected chi connectivity index (χ2v) is 5.88. The molecule has 0 fully saturated rings. The molecule has 1 unspecified atom stereocenters. The predicted molar refractivity (Wildman–Crippen MR) is 56.6 cm³/mol. The van der Waals surface area contributed by atoms with Crippen LogP contribution in [0.3, 0.4) is 0 Å². The first kappa shape index (κ1) is 14.1. The molecule has 0 radical (unpaired) electrons. The molecule has 0 aromatic heterocycles. The van der Waals surface area contributed by atoms with Crippen LogP contribution in [0, 0.1) is 0 Å². The molecule has 0 amide bonds. The highest BCUT2D eigenvalue weighted by Gasteiger charge is 2.49. The molecule has 0 bridgehead atoms. The summed E-state index contributed by atoms with van der Waals surface area (Å²) in [6.07, 6.45) is -4.96. The Morgan fingerprint density at radius 1 is 1.24 bits per heavy atom. The van der Waals surface area contributed by atoms with E-state index in [0.29, 0.717) is 5.75 Å². The number of halogens is 4. The van der Waals surface area contributed by atoms with Gasteiger partial charge in [-0.15, -0.1) is 0 Å². The van der Waals surface area contributed by atoms with E-state index < -0.39 is 26.0 Å². The molecule has 17 heavy (non-hydrogen) atoms. The fourth-order valence-electron chi connectivity index (χ4n) is 1.29. The van der Waals surface area contributed by atoms with Crippen LogP contribution in [0.2, 0.25) is 0 Å². The van der Waals surface area contributed by atoms with E-state index in [1.807, 2.05) is 0 Å². The van der Waals surface area contributed by atoms with Crippen LogP contribution >= 0.6 is 10.7 Å². The molecule has 1 rings (SSSR count). The van der Waals surface area contributed by atoms with Crippen molar-refractivity contribution >= 4 is 19.7 Å². The van der Waals surface area contributed by atoms with Gasteiger partial charge in [0.1, 0.15) is 5.75 Å². The lowest BCUT2D eigenvalue weighted by Gasteiger charge is -2.17. The zero-order valence-electron chi connectivity index (χ0n) is 8.53. The van der Waals surface area contributed by atoms with Gasteiger partial charge in [-0.05, 0) is 17.7 Å². The Morgan fingerprint density at radius 2 is 1.71 bits per heavy atom. The summed E-state index contributed by atoms with van der Waals surface area (Å²) >= 11 is 0. The number of ether oxygens (including phenoxy) is 1. The number of rotatable bonds is 3. The quantitative estimate of drug-likeness (QED) is 0.803. The molecule has 1 aromatic rings. The van der Waals surface area contributed by atoms with Gasteiger partial charge < -0.3 is 4.74 Å². The lowest BCUT2D eigenvalue weighted by molar-refractivity contribution is -0.131. The molecular weight excluding hydrogens is 281 g/mol. The Labute approximate surface area is 101 Å². The van der Waals surface area contributed by atoms with Crippen LogP contribution in [0.5, 0.6) is 5.75 Å². The first-order chi connectivity index (χ1) is 7.66. The van der Waals surface area contributed by atoms with Gasteiger partial charge in [0.25, 0.3) is 0 Å². The van der Waals surface area contributed by atoms with Crippen molar-refractivity contribution in [3.63, 3.8) is 0 Å². The zero-order chi connectivity index (χ0) is 13.3. The van der Waals surface area contributed by atoms with Crippen molar-refractivity contribution in [1.82, 2.24) is 0 Å². The van der Waals surface area contributed by atoms with Gasteiger partial charge in [-0.2, -0.15) is 13.2 Å². The van der Waals surface area contributed by atoms with Crippen molar-refractivity contribution < 1.29 is 26.3 Å². The highest BCUT2D eigenvalue weighted by Crippen LogP contribution is 2.41. The lowest BCUT2D eigenvalue weighted by Crippen LogP contribution is -2.25. The maximum atomic E-state index is 12.6. The van der Waals surface area contributed by atoms with Gasteiger partial charge in [-0.3, -0.25) is 0 Å². The molecular formula is C9H8ClF3O3S. The molecule has 0 saturated heterocycles. The van der Waals surface area contributed by atoms with E-state index in [2.05, 4.69) is 0 Å². The minimum atomic E-state index is -4.96. The Morgan fingerprint density at radius 3 is 2.00 bits per heavy atom. The van der Waals surface area contributed by atoms with Crippen molar-refractivity contribution in [2.24, 2.45) is 0 Å². The summed E-state index contributed by atoms with van der Waals surface area (Å²) in [5.74, 6) is 0.321. The van der Waals surface area contributed by atoms with Crippen LogP contribution in [0.1, 0.15) is 10.8 Å². The molecule has 0 heterocycles. The average molecular weight is 289 g/mol. The smallest absolute Gasteiger partial charge is 0.410 e. The van der Waals surface area contributed by atoms with Gasteiger partial charge in [-0.25, -0.2) is 8.42 Å². The molecule has 1 aromatic carbocycles. The largest absolute Gasteiger partial charge is 0.497 e. The lowest BCUT2D eigenvalue weighted by atomic mass is 10.1. The summed E-state index contributed by atoms with van der Waals surface area (Å²) in [5, 5.41) is -2.73. The van der Waals surface area contributed by atoms with E-state index in [9.17, 15) is 21.6 Å². The molecule has 0 N–H and O–H groups in total. The highest BCUT2D eigenvalue weighted by atomic mass is 35.7. The molecule has 96 valence electrons. The first-order valence-corrected chi connectivity index (χ1v) is 6.67. The number of hydrogen-bond donors (Lipinski definition) is 0. The predicted octanol–water partition coefficient (Wildman–Crippen LogP) is 2.87. The van der Waals surface area contributed by atoms with E-state index in [0.717, 1.165) is 12.1 Å². The van der Waals surface area contributed by atoms with Gasteiger partial charge in [0.2, 0.25) is 9.05 Å². The second-order valence-electron chi connectivity index (χ2n) is 3.17. The van der Waals surface area contributed by atoms with Gasteiger partial charge in [0, 0.05) is 10.7 Å².